The van der Waals surface area contributed by atoms with E-state index in [-0.39, 0.29) is 0 Å². The monoisotopic (exact) mass is 375 g/mol. The average molecular weight is 376 g/mol. The number of halogens is 1. The van der Waals surface area contributed by atoms with Crippen molar-refractivity contribution in [2.75, 3.05) is 43.5 Å². The van der Waals surface area contributed by atoms with Gasteiger partial charge in [0.25, 0.3) is 0 Å². The lowest BCUT2D eigenvalue weighted by atomic mass is 10.2. The minimum absolute atomic E-state index is 0.747. The molecule has 1 fully saturated rings. The zero-order valence-electron chi connectivity index (χ0n) is 14.5. The molecule has 0 aliphatic carbocycles. The summed E-state index contributed by atoms with van der Waals surface area (Å²) < 4.78 is 5.22. The molecule has 25 heavy (non-hydrogen) atoms. The Morgan fingerprint density at radius 2 is 1.76 bits per heavy atom. The zero-order chi connectivity index (χ0) is 17.8. The summed E-state index contributed by atoms with van der Waals surface area (Å²) in [7, 11) is 1.68. The Morgan fingerprint density at radius 3 is 2.40 bits per heavy atom. The van der Waals surface area contributed by atoms with Crippen LogP contribution in [0.1, 0.15) is 5.56 Å². The van der Waals surface area contributed by atoms with Gasteiger partial charge >= 0.3 is 0 Å². The largest absolute Gasteiger partial charge is 0.497 e. The van der Waals surface area contributed by atoms with Crippen molar-refractivity contribution in [2.24, 2.45) is 0 Å². The van der Waals surface area contributed by atoms with E-state index in [1.807, 2.05) is 37.3 Å². The first-order chi connectivity index (χ1) is 12.1. The molecule has 0 atom stereocenters. The quantitative estimate of drug-likeness (QED) is 0.812. The number of hydrogen-bond acceptors (Lipinski definition) is 3. The second kappa shape index (κ2) is 7.93. The number of methoxy groups -OCH3 is 1. The first-order valence-electron chi connectivity index (χ1n) is 8.28. The molecule has 0 amide bonds. The summed E-state index contributed by atoms with van der Waals surface area (Å²) >= 11 is 11.8. The van der Waals surface area contributed by atoms with Gasteiger partial charge in [-0.1, -0.05) is 17.7 Å². The molecule has 4 nitrogen and oxygen atoms in total. The molecule has 1 aliphatic rings. The van der Waals surface area contributed by atoms with Gasteiger partial charge < -0.3 is 19.9 Å². The van der Waals surface area contributed by atoms with Crippen molar-refractivity contribution >= 4 is 40.3 Å². The molecule has 0 spiro atoms. The van der Waals surface area contributed by atoms with Gasteiger partial charge in [0.1, 0.15) is 5.75 Å². The van der Waals surface area contributed by atoms with Crippen LogP contribution >= 0.6 is 23.8 Å². The fourth-order valence-corrected chi connectivity index (χ4v) is 3.36. The highest BCUT2D eigenvalue weighted by molar-refractivity contribution is 7.80. The SMILES string of the molecule is COc1ccc(N2CCN(C(=S)Nc3cccc(Cl)c3C)CC2)cc1. The third-order valence-electron chi connectivity index (χ3n) is 4.51. The molecule has 1 heterocycles. The molecule has 2 aromatic carbocycles. The minimum Gasteiger partial charge on any atom is -0.497 e. The van der Waals surface area contributed by atoms with Crippen molar-refractivity contribution in [3.05, 3.63) is 53.1 Å². The Balaban J connectivity index is 1.57. The first-order valence-corrected chi connectivity index (χ1v) is 9.07. The number of thiocarbonyl (C=S) groups is 1. The maximum atomic E-state index is 6.18. The highest BCUT2D eigenvalue weighted by Crippen LogP contribution is 2.24. The number of nitrogens with zero attached hydrogens (tertiary/aromatic N) is 2. The molecule has 3 rings (SSSR count). The van der Waals surface area contributed by atoms with Gasteiger partial charge in [-0.05, 0) is 61.1 Å². The first kappa shape index (κ1) is 17.8. The van der Waals surface area contributed by atoms with Crippen LogP contribution in [0.4, 0.5) is 11.4 Å². The highest BCUT2D eigenvalue weighted by atomic mass is 35.5. The third kappa shape index (κ3) is 4.17. The molecule has 0 radical (unpaired) electrons. The highest BCUT2D eigenvalue weighted by Gasteiger charge is 2.19. The van der Waals surface area contributed by atoms with Crippen LogP contribution in [-0.2, 0) is 0 Å². The molecular weight excluding hydrogens is 354 g/mol. The fourth-order valence-electron chi connectivity index (χ4n) is 2.90. The number of piperazine rings is 1. The van der Waals surface area contributed by atoms with Crippen LogP contribution < -0.4 is 15.0 Å². The second-order valence-corrected chi connectivity index (χ2v) is 6.81. The van der Waals surface area contributed by atoms with Gasteiger partial charge in [-0.2, -0.15) is 0 Å². The molecule has 0 saturated carbocycles. The van der Waals surface area contributed by atoms with Gasteiger partial charge in [0.15, 0.2) is 5.11 Å². The van der Waals surface area contributed by atoms with E-state index in [0.29, 0.717) is 0 Å². The van der Waals surface area contributed by atoms with Crippen molar-refractivity contribution in [1.29, 1.82) is 0 Å². The van der Waals surface area contributed by atoms with Crippen LogP contribution in [0.5, 0.6) is 5.75 Å². The molecule has 1 aliphatic heterocycles. The molecule has 0 aromatic heterocycles. The maximum Gasteiger partial charge on any atom is 0.173 e. The van der Waals surface area contributed by atoms with Crippen LogP contribution in [0, 0.1) is 6.92 Å². The topological polar surface area (TPSA) is 27.7 Å². The molecule has 1 saturated heterocycles. The van der Waals surface area contributed by atoms with Crippen molar-refractivity contribution in [2.45, 2.75) is 6.92 Å². The van der Waals surface area contributed by atoms with E-state index >= 15 is 0 Å². The second-order valence-electron chi connectivity index (χ2n) is 6.01. The third-order valence-corrected chi connectivity index (χ3v) is 5.28. The fraction of sp³-hybridized carbons (Fsp3) is 0.316. The Morgan fingerprint density at radius 1 is 1.08 bits per heavy atom. The van der Waals surface area contributed by atoms with E-state index < -0.39 is 0 Å². The van der Waals surface area contributed by atoms with E-state index in [2.05, 4.69) is 27.2 Å². The number of ether oxygens (including phenoxy) is 1. The Hall–Kier alpha value is -1.98. The molecule has 1 N–H and O–H groups in total. The van der Waals surface area contributed by atoms with Crippen molar-refractivity contribution < 1.29 is 4.74 Å². The van der Waals surface area contributed by atoms with Crippen LogP contribution in [-0.4, -0.2) is 43.3 Å². The molecular formula is C19H22ClN3OS. The summed E-state index contributed by atoms with van der Waals surface area (Å²) in [5, 5.41) is 4.83. The van der Waals surface area contributed by atoms with Crippen LogP contribution in [0.25, 0.3) is 0 Å². The average Bonchev–Trinajstić information content (AvgIpc) is 2.65. The van der Waals surface area contributed by atoms with E-state index in [1.165, 1.54) is 5.69 Å². The van der Waals surface area contributed by atoms with Crippen LogP contribution in [0.3, 0.4) is 0 Å². The summed E-state index contributed by atoms with van der Waals surface area (Å²) in [4.78, 5) is 4.57. The predicted octanol–water partition coefficient (Wildman–Crippen LogP) is 4.18. The summed E-state index contributed by atoms with van der Waals surface area (Å²) in [6.07, 6.45) is 0. The van der Waals surface area contributed by atoms with Crippen molar-refractivity contribution in [1.82, 2.24) is 4.90 Å². The van der Waals surface area contributed by atoms with E-state index in [1.54, 1.807) is 7.11 Å². The lowest BCUT2D eigenvalue weighted by Gasteiger charge is -2.37. The Bertz CT molecular complexity index is 743. The molecule has 0 unspecified atom stereocenters. The minimum atomic E-state index is 0.747. The lowest BCUT2D eigenvalue weighted by Crippen LogP contribution is -2.50. The van der Waals surface area contributed by atoms with Gasteiger partial charge in [0, 0.05) is 42.6 Å². The molecule has 6 heteroatoms. The number of rotatable bonds is 3. The van der Waals surface area contributed by atoms with E-state index in [0.717, 1.165) is 53.3 Å². The number of hydrogen-bond donors (Lipinski definition) is 1. The van der Waals surface area contributed by atoms with E-state index in [4.69, 9.17) is 28.6 Å². The van der Waals surface area contributed by atoms with Gasteiger partial charge in [-0.3, -0.25) is 0 Å². The predicted molar refractivity (Wildman–Crippen MR) is 109 cm³/mol. The van der Waals surface area contributed by atoms with E-state index in [9.17, 15) is 0 Å². The van der Waals surface area contributed by atoms with Gasteiger partial charge in [0.05, 0.1) is 7.11 Å². The number of benzene rings is 2. The molecule has 132 valence electrons. The Kier molecular flexibility index (Phi) is 5.66. The summed E-state index contributed by atoms with van der Waals surface area (Å²) in [5.74, 6) is 0.879. The lowest BCUT2D eigenvalue weighted by molar-refractivity contribution is 0.390. The zero-order valence-corrected chi connectivity index (χ0v) is 16.0. The molecule has 0 bridgehead atoms. The summed E-state index contributed by atoms with van der Waals surface area (Å²) in [6.45, 7) is 5.63. The summed E-state index contributed by atoms with van der Waals surface area (Å²) in [5.41, 5.74) is 3.20. The van der Waals surface area contributed by atoms with Gasteiger partial charge in [-0.25, -0.2) is 0 Å². The van der Waals surface area contributed by atoms with Gasteiger partial charge in [0.2, 0.25) is 0 Å². The van der Waals surface area contributed by atoms with Gasteiger partial charge in [-0.15, -0.1) is 0 Å². The normalized spacial score (nSPS) is 14.4. The Labute approximate surface area is 159 Å². The number of anilines is 2. The summed E-state index contributed by atoms with van der Waals surface area (Å²) in [6, 6.07) is 14.0. The molecule has 2 aromatic rings. The number of nitrogens with one attached hydrogen (secondary N) is 1. The standard InChI is InChI=1S/C19H22ClN3OS/c1-14-17(20)4-3-5-18(14)21-19(25)23-12-10-22(11-13-23)15-6-8-16(24-2)9-7-15/h3-9H,10-13H2,1-2H3,(H,21,25). The van der Waals surface area contributed by atoms with Crippen molar-refractivity contribution in [3.8, 4) is 5.75 Å². The van der Waals surface area contributed by atoms with Crippen LogP contribution in [0.15, 0.2) is 42.5 Å². The maximum absolute atomic E-state index is 6.18. The van der Waals surface area contributed by atoms with Crippen molar-refractivity contribution in [3.63, 3.8) is 0 Å². The van der Waals surface area contributed by atoms with Crippen LogP contribution in [0.2, 0.25) is 5.02 Å². The smallest absolute Gasteiger partial charge is 0.173 e.